The van der Waals surface area contributed by atoms with Gasteiger partial charge in [0.1, 0.15) is 18.5 Å². The number of benzene rings is 1. The van der Waals surface area contributed by atoms with E-state index in [1.807, 2.05) is 0 Å². The van der Waals surface area contributed by atoms with E-state index in [1.165, 1.54) is 12.0 Å². The number of nitrogens with zero attached hydrogens (tertiary/aromatic N) is 3. The van der Waals surface area contributed by atoms with Gasteiger partial charge in [0.25, 0.3) is 0 Å². The van der Waals surface area contributed by atoms with Crippen LogP contribution in [0.4, 0.5) is 21.0 Å². The highest BCUT2D eigenvalue weighted by atomic mass is 16.6. The molecule has 1 atom stereocenters. The number of likely N-dealkylation sites (N-methyl/N-ethyl adjacent to an activating group) is 1. The Kier molecular flexibility index (Phi) is 4.50. The van der Waals surface area contributed by atoms with E-state index in [9.17, 15) is 9.59 Å². The smallest absolute Gasteiger partial charge is 0.414 e. The number of hydrogen-bond acceptors (Lipinski definition) is 7. The van der Waals surface area contributed by atoms with Crippen molar-refractivity contribution in [1.29, 1.82) is 0 Å². The number of hydrogen-bond donors (Lipinski definition) is 2. The van der Waals surface area contributed by atoms with Crippen LogP contribution in [0, 0.1) is 0 Å². The van der Waals surface area contributed by atoms with Crippen molar-refractivity contribution in [3.05, 3.63) is 18.2 Å². The Balaban J connectivity index is 1.73. The average Bonchev–Trinajstić information content (AvgIpc) is 3.00. The minimum absolute atomic E-state index is 0.125. The van der Waals surface area contributed by atoms with Crippen molar-refractivity contribution in [3.63, 3.8) is 0 Å². The van der Waals surface area contributed by atoms with Gasteiger partial charge in [0.05, 0.1) is 31.6 Å². The number of anilines is 2. The number of amidine groups is 1. The SMILES string of the molecule is COC(=O)NCC1CN(c2ccc3c(c2)OCC(=NO)N3C)C(=O)O1. The Bertz CT molecular complexity index is 722. The summed E-state index contributed by atoms with van der Waals surface area (Å²) in [6.45, 7) is 0.579. The second-order valence-electron chi connectivity index (χ2n) is 5.50. The third-order valence-electron chi connectivity index (χ3n) is 4.01. The number of oxime groups is 1. The summed E-state index contributed by atoms with van der Waals surface area (Å²) in [5, 5.41) is 14.6. The number of methoxy groups -OCH3 is 1. The lowest BCUT2D eigenvalue weighted by atomic mass is 10.2. The van der Waals surface area contributed by atoms with Crippen molar-refractivity contribution >= 4 is 29.4 Å². The van der Waals surface area contributed by atoms with Crippen LogP contribution >= 0.6 is 0 Å². The van der Waals surface area contributed by atoms with Crippen LogP contribution in [0.1, 0.15) is 0 Å². The van der Waals surface area contributed by atoms with Gasteiger partial charge in [-0.3, -0.25) is 4.90 Å². The molecule has 2 heterocycles. The number of carbonyl (C=O) groups excluding carboxylic acids is 2. The summed E-state index contributed by atoms with van der Waals surface area (Å²) in [4.78, 5) is 26.4. The van der Waals surface area contributed by atoms with Crippen molar-refractivity contribution in [2.24, 2.45) is 5.16 Å². The summed E-state index contributed by atoms with van der Waals surface area (Å²) < 4.78 is 15.3. The second kappa shape index (κ2) is 6.75. The highest BCUT2D eigenvalue weighted by Crippen LogP contribution is 2.36. The third kappa shape index (κ3) is 3.23. The maximum atomic E-state index is 12.1. The molecule has 1 aromatic carbocycles. The summed E-state index contributed by atoms with van der Waals surface area (Å²) in [6.07, 6.45) is -1.56. The van der Waals surface area contributed by atoms with Crippen LogP contribution in [0.25, 0.3) is 0 Å². The van der Waals surface area contributed by atoms with Crippen molar-refractivity contribution in [2.45, 2.75) is 6.10 Å². The quantitative estimate of drug-likeness (QED) is 0.617. The van der Waals surface area contributed by atoms with Gasteiger partial charge in [0.15, 0.2) is 5.84 Å². The fourth-order valence-corrected chi connectivity index (χ4v) is 2.65. The van der Waals surface area contributed by atoms with Crippen molar-refractivity contribution in [2.75, 3.05) is 43.7 Å². The molecule has 25 heavy (non-hydrogen) atoms. The molecule has 1 aromatic rings. The minimum atomic E-state index is -0.582. The molecule has 1 saturated heterocycles. The molecule has 2 aliphatic rings. The fourth-order valence-electron chi connectivity index (χ4n) is 2.65. The molecular weight excluding hydrogens is 332 g/mol. The van der Waals surface area contributed by atoms with E-state index in [0.29, 0.717) is 23.8 Å². The number of nitrogens with one attached hydrogen (secondary N) is 1. The number of rotatable bonds is 3. The molecule has 0 aromatic heterocycles. The Morgan fingerprint density at radius 1 is 1.52 bits per heavy atom. The predicted molar refractivity (Wildman–Crippen MR) is 87.6 cm³/mol. The lowest BCUT2D eigenvalue weighted by Gasteiger charge is -2.28. The summed E-state index contributed by atoms with van der Waals surface area (Å²) in [6, 6.07) is 5.23. The van der Waals surface area contributed by atoms with E-state index < -0.39 is 18.3 Å². The van der Waals surface area contributed by atoms with Gasteiger partial charge in [-0.1, -0.05) is 5.16 Å². The second-order valence-corrected chi connectivity index (χ2v) is 5.50. The monoisotopic (exact) mass is 350 g/mol. The summed E-state index contributed by atoms with van der Waals surface area (Å²) in [5.41, 5.74) is 1.33. The van der Waals surface area contributed by atoms with E-state index in [1.54, 1.807) is 30.1 Å². The molecule has 3 rings (SSSR count). The van der Waals surface area contributed by atoms with Gasteiger partial charge < -0.3 is 29.6 Å². The Labute approximate surface area is 143 Å². The summed E-state index contributed by atoms with van der Waals surface area (Å²) in [7, 11) is 3.02. The molecule has 134 valence electrons. The maximum absolute atomic E-state index is 12.1. The number of carbonyl (C=O) groups is 2. The molecular formula is C15H18N4O6. The van der Waals surface area contributed by atoms with Crippen molar-refractivity contribution in [1.82, 2.24) is 5.32 Å². The standard InChI is InChI=1S/C15H18N4O6/c1-18-11-4-3-9(5-12(11)24-8-13(18)17-22)19-7-10(25-15(19)21)6-16-14(20)23-2/h3-5,10,22H,6-8H2,1-2H3,(H,16,20). The van der Waals surface area contributed by atoms with Gasteiger partial charge >= 0.3 is 12.2 Å². The van der Waals surface area contributed by atoms with E-state index in [-0.39, 0.29) is 13.2 Å². The molecule has 10 heteroatoms. The molecule has 1 fully saturated rings. The van der Waals surface area contributed by atoms with E-state index in [0.717, 1.165) is 5.69 Å². The van der Waals surface area contributed by atoms with E-state index in [2.05, 4.69) is 15.2 Å². The van der Waals surface area contributed by atoms with Crippen molar-refractivity contribution in [3.8, 4) is 5.75 Å². The zero-order valence-electron chi connectivity index (χ0n) is 13.8. The minimum Gasteiger partial charge on any atom is -0.483 e. The third-order valence-corrected chi connectivity index (χ3v) is 4.01. The van der Waals surface area contributed by atoms with Crippen LogP contribution in [0.2, 0.25) is 0 Å². The first-order chi connectivity index (χ1) is 12.0. The lowest BCUT2D eigenvalue weighted by Crippen LogP contribution is -2.36. The predicted octanol–water partition coefficient (Wildman–Crippen LogP) is 0.984. The first-order valence-corrected chi connectivity index (χ1v) is 7.55. The first-order valence-electron chi connectivity index (χ1n) is 7.55. The zero-order chi connectivity index (χ0) is 18.0. The molecule has 0 bridgehead atoms. The Hall–Kier alpha value is -3.17. The Morgan fingerprint density at radius 3 is 3.04 bits per heavy atom. The first kappa shape index (κ1) is 16.7. The fraction of sp³-hybridized carbons (Fsp3) is 0.400. The molecule has 2 aliphatic heterocycles. The maximum Gasteiger partial charge on any atom is 0.414 e. The number of cyclic esters (lactones) is 1. The summed E-state index contributed by atoms with van der Waals surface area (Å²) >= 11 is 0. The highest BCUT2D eigenvalue weighted by Gasteiger charge is 2.33. The molecule has 2 N–H and O–H groups in total. The van der Waals surface area contributed by atoms with Gasteiger partial charge in [0.2, 0.25) is 0 Å². The molecule has 2 amide bonds. The van der Waals surface area contributed by atoms with Gasteiger partial charge in [-0.25, -0.2) is 9.59 Å². The number of fused-ring (bicyclic) bond motifs is 1. The van der Waals surface area contributed by atoms with Crippen LogP contribution in [-0.2, 0) is 9.47 Å². The highest BCUT2D eigenvalue weighted by molar-refractivity contribution is 6.01. The molecule has 0 spiro atoms. The topological polar surface area (TPSA) is 113 Å². The Morgan fingerprint density at radius 2 is 2.32 bits per heavy atom. The van der Waals surface area contributed by atoms with E-state index in [4.69, 9.17) is 14.7 Å². The molecule has 0 radical (unpaired) electrons. The number of ether oxygens (including phenoxy) is 3. The van der Waals surface area contributed by atoms with Gasteiger partial charge in [0, 0.05) is 13.1 Å². The van der Waals surface area contributed by atoms with E-state index >= 15 is 0 Å². The van der Waals surface area contributed by atoms with Crippen LogP contribution in [-0.4, -0.2) is 63.2 Å². The zero-order valence-corrected chi connectivity index (χ0v) is 13.8. The van der Waals surface area contributed by atoms with Gasteiger partial charge in [-0.2, -0.15) is 0 Å². The number of amides is 2. The van der Waals surface area contributed by atoms with Gasteiger partial charge in [-0.15, -0.1) is 0 Å². The van der Waals surface area contributed by atoms with Crippen LogP contribution in [0.15, 0.2) is 23.4 Å². The molecule has 0 saturated carbocycles. The molecule has 0 aliphatic carbocycles. The van der Waals surface area contributed by atoms with Crippen molar-refractivity contribution < 1.29 is 29.0 Å². The molecule has 1 unspecified atom stereocenters. The van der Waals surface area contributed by atoms with Crippen LogP contribution in [0.3, 0.4) is 0 Å². The lowest BCUT2D eigenvalue weighted by molar-refractivity contribution is 0.132. The van der Waals surface area contributed by atoms with Crippen LogP contribution in [0.5, 0.6) is 5.75 Å². The normalized spacial score (nSPS) is 20.8. The largest absolute Gasteiger partial charge is 0.483 e. The summed E-state index contributed by atoms with van der Waals surface area (Å²) in [5.74, 6) is 0.950. The number of alkyl carbamates (subject to hydrolysis) is 1. The average molecular weight is 350 g/mol. The van der Waals surface area contributed by atoms with Gasteiger partial charge in [-0.05, 0) is 12.1 Å². The molecule has 10 nitrogen and oxygen atoms in total. The van der Waals surface area contributed by atoms with Crippen LogP contribution < -0.4 is 19.9 Å².